The Bertz CT molecular complexity index is 1110. The van der Waals surface area contributed by atoms with Gasteiger partial charge in [-0.2, -0.15) is 0 Å². The molecule has 0 aliphatic carbocycles. The van der Waals surface area contributed by atoms with Crippen molar-refractivity contribution >= 4 is 18.9 Å². The van der Waals surface area contributed by atoms with Crippen molar-refractivity contribution in [1.29, 1.82) is 0 Å². The Morgan fingerprint density at radius 1 is 0.710 bits per heavy atom. The first-order chi connectivity index (χ1) is 14.6. The van der Waals surface area contributed by atoms with Gasteiger partial charge in [-0.05, 0) is 80.4 Å². The lowest BCUT2D eigenvalue weighted by Crippen LogP contribution is -2.41. The maximum Gasteiger partial charge on any atom is 0.495 e. The summed E-state index contributed by atoms with van der Waals surface area (Å²) in [5, 5.41) is 0. The first-order valence-electron chi connectivity index (χ1n) is 10.8. The molecule has 0 atom stereocenters. The van der Waals surface area contributed by atoms with Gasteiger partial charge in [-0.25, -0.2) is 0 Å². The second kappa shape index (κ2) is 7.78. The van der Waals surface area contributed by atoms with Crippen LogP contribution in [-0.4, -0.2) is 24.6 Å². The molecular formula is C27H29BO3. The van der Waals surface area contributed by atoms with Crippen LogP contribution in [0.15, 0.2) is 60.7 Å². The minimum absolute atomic E-state index is 0.371. The highest BCUT2D eigenvalue weighted by Crippen LogP contribution is 2.38. The van der Waals surface area contributed by atoms with E-state index >= 15 is 0 Å². The minimum Gasteiger partial charge on any atom is -0.399 e. The zero-order valence-electron chi connectivity index (χ0n) is 19.2. The summed E-state index contributed by atoms with van der Waals surface area (Å²) in [7, 11) is -0.385. The van der Waals surface area contributed by atoms with Crippen LogP contribution in [0.2, 0.25) is 0 Å². The van der Waals surface area contributed by atoms with Crippen LogP contribution in [0, 0.1) is 13.8 Å². The van der Waals surface area contributed by atoms with Gasteiger partial charge in [0.15, 0.2) is 0 Å². The smallest absolute Gasteiger partial charge is 0.399 e. The molecule has 3 nitrogen and oxygen atoms in total. The topological polar surface area (TPSA) is 35.5 Å². The van der Waals surface area contributed by atoms with Crippen molar-refractivity contribution in [2.24, 2.45) is 0 Å². The highest BCUT2D eigenvalue weighted by atomic mass is 16.7. The van der Waals surface area contributed by atoms with Gasteiger partial charge in [0.25, 0.3) is 0 Å². The van der Waals surface area contributed by atoms with E-state index in [-0.39, 0.29) is 18.3 Å². The molecule has 1 aliphatic heterocycles. The van der Waals surface area contributed by atoms with Crippen LogP contribution in [0.5, 0.6) is 0 Å². The standard InChI is InChI=1S/C27H29BO3/c1-18-22(21-15-13-20(17-29)14-16-21)9-7-10-23(18)24-11-8-12-25(19(24)2)28-30-26(3,4)27(5,6)31-28/h7-17H,1-6H3. The largest absolute Gasteiger partial charge is 0.495 e. The summed E-state index contributed by atoms with van der Waals surface area (Å²) in [6.07, 6.45) is 0.873. The predicted molar refractivity (Wildman–Crippen MR) is 128 cm³/mol. The van der Waals surface area contributed by atoms with Crippen LogP contribution >= 0.6 is 0 Å². The zero-order valence-corrected chi connectivity index (χ0v) is 19.2. The van der Waals surface area contributed by atoms with Gasteiger partial charge in [-0.15, -0.1) is 0 Å². The van der Waals surface area contributed by atoms with Gasteiger partial charge >= 0.3 is 7.12 Å². The fourth-order valence-electron chi connectivity index (χ4n) is 4.15. The van der Waals surface area contributed by atoms with E-state index in [9.17, 15) is 4.79 Å². The van der Waals surface area contributed by atoms with E-state index in [0.29, 0.717) is 5.56 Å². The molecule has 1 fully saturated rings. The number of aldehydes is 1. The van der Waals surface area contributed by atoms with Crippen LogP contribution in [0.25, 0.3) is 22.3 Å². The van der Waals surface area contributed by atoms with E-state index in [1.807, 2.05) is 24.3 Å². The van der Waals surface area contributed by atoms with E-state index in [0.717, 1.165) is 28.4 Å². The third-order valence-corrected chi connectivity index (χ3v) is 6.86. The molecule has 31 heavy (non-hydrogen) atoms. The molecule has 0 unspecified atom stereocenters. The van der Waals surface area contributed by atoms with E-state index in [2.05, 4.69) is 77.9 Å². The lowest BCUT2D eigenvalue weighted by atomic mass is 9.74. The van der Waals surface area contributed by atoms with Gasteiger partial charge in [-0.1, -0.05) is 60.7 Å². The first-order valence-corrected chi connectivity index (χ1v) is 10.8. The summed E-state index contributed by atoms with van der Waals surface area (Å²) in [5.74, 6) is 0. The maximum absolute atomic E-state index is 11.0. The normalized spacial score (nSPS) is 17.0. The van der Waals surface area contributed by atoms with Crippen molar-refractivity contribution in [2.45, 2.75) is 52.7 Å². The lowest BCUT2D eigenvalue weighted by Gasteiger charge is -2.32. The second-order valence-corrected chi connectivity index (χ2v) is 9.33. The van der Waals surface area contributed by atoms with Crippen LogP contribution in [0.3, 0.4) is 0 Å². The third kappa shape index (κ3) is 3.75. The van der Waals surface area contributed by atoms with Gasteiger partial charge in [0.1, 0.15) is 6.29 Å². The Balaban J connectivity index is 1.76. The molecular weight excluding hydrogens is 383 g/mol. The number of rotatable bonds is 4. The zero-order chi connectivity index (χ0) is 22.4. The monoisotopic (exact) mass is 412 g/mol. The molecule has 3 aromatic carbocycles. The molecule has 0 aromatic heterocycles. The molecule has 158 valence electrons. The van der Waals surface area contributed by atoms with E-state index in [1.165, 1.54) is 16.7 Å². The van der Waals surface area contributed by atoms with Gasteiger partial charge in [-0.3, -0.25) is 4.79 Å². The highest BCUT2D eigenvalue weighted by molar-refractivity contribution is 6.62. The molecule has 0 bridgehead atoms. The molecule has 0 radical (unpaired) electrons. The van der Waals surface area contributed by atoms with Crippen molar-refractivity contribution in [1.82, 2.24) is 0 Å². The summed E-state index contributed by atoms with van der Waals surface area (Å²) >= 11 is 0. The molecule has 4 heteroatoms. The Hall–Kier alpha value is -2.69. The maximum atomic E-state index is 11.0. The molecule has 1 aliphatic rings. The number of carbonyl (C=O) groups excluding carboxylic acids is 1. The van der Waals surface area contributed by atoms with Crippen molar-refractivity contribution in [3.63, 3.8) is 0 Å². The average Bonchev–Trinajstić information content (AvgIpc) is 2.95. The quantitative estimate of drug-likeness (QED) is 0.404. The number of hydrogen-bond donors (Lipinski definition) is 0. The Kier molecular flexibility index (Phi) is 5.41. The van der Waals surface area contributed by atoms with E-state index in [1.54, 1.807) is 0 Å². The second-order valence-electron chi connectivity index (χ2n) is 9.33. The number of hydrogen-bond acceptors (Lipinski definition) is 3. The average molecular weight is 412 g/mol. The van der Waals surface area contributed by atoms with Gasteiger partial charge in [0, 0.05) is 5.56 Å². The van der Waals surface area contributed by atoms with Crippen LogP contribution in [-0.2, 0) is 9.31 Å². The SMILES string of the molecule is Cc1c(B2OC(C)(C)C(C)(C)O2)cccc1-c1cccc(-c2ccc(C=O)cc2)c1C. The molecule has 0 N–H and O–H groups in total. The van der Waals surface area contributed by atoms with Crippen molar-refractivity contribution in [3.05, 3.63) is 77.4 Å². The summed E-state index contributed by atoms with van der Waals surface area (Å²) < 4.78 is 12.6. The minimum atomic E-state index is -0.385. The fourth-order valence-corrected chi connectivity index (χ4v) is 4.15. The van der Waals surface area contributed by atoms with Crippen LogP contribution < -0.4 is 5.46 Å². The van der Waals surface area contributed by atoms with Crippen molar-refractivity contribution < 1.29 is 14.1 Å². The van der Waals surface area contributed by atoms with Crippen molar-refractivity contribution in [3.8, 4) is 22.3 Å². The van der Waals surface area contributed by atoms with Gasteiger partial charge in [0.2, 0.25) is 0 Å². The summed E-state index contributed by atoms with van der Waals surface area (Å²) in [6, 6.07) is 20.4. The third-order valence-electron chi connectivity index (χ3n) is 6.86. The molecule has 0 spiro atoms. The molecule has 1 saturated heterocycles. The van der Waals surface area contributed by atoms with Crippen LogP contribution in [0.4, 0.5) is 0 Å². The number of benzene rings is 3. The molecule has 1 heterocycles. The van der Waals surface area contributed by atoms with Gasteiger partial charge < -0.3 is 9.31 Å². The molecule has 3 aromatic rings. The van der Waals surface area contributed by atoms with E-state index < -0.39 is 0 Å². The number of carbonyl (C=O) groups is 1. The molecule has 0 saturated carbocycles. The Morgan fingerprint density at radius 2 is 1.23 bits per heavy atom. The van der Waals surface area contributed by atoms with Crippen LogP contribution in [0.1, 0.15) is 49.2 Å². The first kappa shape index (κ1) is 21.5. The highest BCUT2D eigenvalue weighted by Gasteiger charge is 2.52. The summed E-state index contributed by atoms with van der Waals surface area (Å²) in [5.41, 5.74) is 8.00. The Morgan fingerprint density at radius 3 is 1.81 bits per heavy atom. The summed E-state index contributed by atoms with van der Waals surface area (Å²) in [4.78, 5) is 11.0. The molecule has 0 amide bonds. The van der Waals surface area contributed by atoms with Crippen molar-refractivity contribution in [2.75, 3.05) is 0 Å². The fraction of sp³-hybridized carbons (Fsp3) is 0.296. The summed E-state index contributed by atoms with van der Waals surface area (Å²) in [6.45, 7) is 12.6. The predicted octanol–water partition coefficient (Wildman–Crippen LogP) is 5.75. The van der Waals surface area contributed by atoms with E-state index in [4.69, 9.17) is 9.31 Å². The molecule has 4 rings (SSSR count). The Labute approximate surface area is 185 Å². The van der Waals surface area contributed by atoms with Gasteiger partial charge in [0.05, 0.1) is 11.2 Å². The lowest BCUT2D eigenvalue weighted by molar-refractivity contribution is 0.00578.